The van der Waals surface area contributed by atoms with Gasteiger partial charge in [-0.05, 0) is 23.8 Å². The van der Waals surface area contributed by atoms with Crippen molar-refractivity contribution in [2.45, 2.75) is 13.0 Å². The smallest absolute Gasteiger partial charge is 0.227 e. The fourth-order valence-corrected chi connectivity index (χ4v) is 2.73. The van der Waals surface area contributed by atoms with Crippen molar-refractivity contribution in [1.82, 2.24) is 20.0 Å². The average molecular weight is 330 g/mol. The van der Waals surface area contributed by atoms with E-state index < -0.39 is 6.04 Å². The van der Waals surface area contributed by atoms with Crippen molar-refractivity contribution in [3.63, 3.8) is 0 Å². The van der Waals surface area contributed by atoms with Crippen molar-refractivity contribution >= 4 is 11.8 Å². The van der Waals surface area contributed by atoms with Gasteiger partial charge in [0.1, 0.15) is 5.82 Å². The molecule has 1 aromatic heterocycles. The Morgan fingerprint density at radius 3 is 2.46 bits per heavy atom. The van der Waals surface area contributed by atoms with Crippen LogP contribution in [0.5, 0.6) is 0 Å². The molecule has 1 fully saturated rings. The molecule has 1 aliphatic heterocycles. The summed E-state index contributed by atoms with van der Waals surface area (Å²) in [4.78, 5) is 25.3. The molecular formula is C17H19FN4O2. The van der Waals surface area contributed by atoms with E-state index in [2.05, 4.69) is 10.4 Å². The molecule has 0 radical (unpaired) electrons. The molecule has 1 saturated heterocycles. The van der Waals surface area contributed by atoms with E-state index in [1.54, 1.807) is 35.0 Å². The predicted octanol–water partition coefficient (Wildman–Crippen LogP) is 1.24. The third-order valence-corrected chi connectivity index (χ3v) is 4.22. The molecule has 0 spiro atoms. The Balaban J connectivity index is 1.77. The number of likely N-dealkylation sites (tertiary alicyclic amines) is 1. The molecular weight excluding hydrogens is 311 g/mol. The number of benzene rings is 1. The zero-order valence-electron chi connectivity index (χ0n) is 13.6. The Morgan fingerprint density at radius 1 is 1.25 bits per heavy atom. The molecule has 2 aromatic rings. The van der Waals surface area contributed by atoms with Crippen LogP contribution >= 0.6 is 0 Å². The quantitative estimate of drug-likeness (QED) is 0.917. The van der Waals surface area contributed by atoms with Gasteiger partial charge in [0, 0.05) is 33.3 Å². The lowest BCUT2D eigenvalue weighted by molar-refractivity contribution is -0.141. The Hall–Kier alpha value is -2.70. The van der Waals surface area contributed by atoms with Gasteiger partial charge in [0.2, 0.25) is 11.8 Å². The second-order valence-electron chi connectivity index (χ2n) is 6.03. The molecule has 2 heterocycles. The zero-order chi connectivity index (χ0) is 17.3. The van der Waals surface area contributed by atoms with E-state index in [9.17, 15) is 14.0 Å². The number of aryl methyl sites for hydroxylation is 1. The lowest BCUT2D eigenvalue weighted by Crippen LogP contribution is -2.55. The molecule has 0 saturated carbocycles. The van der Waals surface area contributed by atoms with Gasteiger partial charge in [-0.25, -0.2) is 4.39 Å². The molecule has 0 bridgehead atoms. The number of halogens is 1. The number of aromatic nitrogens is 2. The van der Waals surface area contributed by atoms with Gasteiger partial charge in [-0.1, -0.05) is 12.1 Å². The molecule has 126 valence electrons. The standard InChI is InChI=1S/C17H19FN4O2/c1-11(23)22-9-13(10-22)17(24)19-16(15-7-8-21(2)20-15)12-3-5-14(18)6-4-12/h3-8,13,16H,9-10H2,1-2H3,(H,19,24). The maximum Gasteiger partial charge on any atom is 0.227 e. The normalized spacial score (nSPS) is 15.7. The Morgan fingerprint density at radius 2 is 1.92 bits per heavy atom. The largest absolute Gasteiger partial charge is 0.343 e. The van der Waals surface area contributed by atoms with Gasteiger partial charge in [-0.2, -0.15) is 5.10 Å². The summed E-state index contributed by atoms with van der Waals surface area (Å²) < 4.78 is 14.8. The fourth-order valence-electron chi connectivity index (χ4n) is 2.73. The van der Waals surface area contributed by atoms with Gasteiger partial charge in [0.15, 0.2) is 0 Å². The zero-order valence-corrected chi connectivity index (χ0v) is 13.6. The third-order valence-electron chi connectivity index (χ3n) is 4.22. The molecule has 2 amide bonds. The number of amides is 2. The van der Waals surface area contributed by atoms with Crippen LogP contribution in [0.15, 0.2) is 36.5 Å². The highest BCUT2D eigenvalue weighted by Crippen LogP contribution is 2.23. The van der Waals surface area contributed by atoms with E-state index in [0.717, 1.165) is 5.56 Å². The molecule has 1 aliphatic rings. The SMILES string of the molecule is CC(=O)N1CC(C(=O)NC(c2ccc(F)cc2)c2ccn(C)n2)C1. The Kier molecular flexibility index (Phi) is 4.33. The first-order valence-corrected chi connectivity index (χ1v) is 7.75. The van der Waals surface area contributed by atoms with Crippen LogP contribution in [0.2, 0.25) is 0 Å². The Bertz CT molecular complexity index is 750. The maximum absolute atomic E-state index is 13.2. The van der Waals surface area contributed by atoms with Crippen LogP contribution in [0.1, 0.15) is 24.2 Å². The van der Waals surface area contributed by atoms with Crippen molar-refractivity contribution in [3.8, 4) is 0 Å². The number of carbonyl (C=O) groups excluding carboxylic acids is 2. The minimum Gasteiger partial charge on any atom is -0.343 e. The summed E-state index contributed by atoms with van der Waals surface area (Å²) in [6, 6.07) is 7.36. The summed E-state index contributed by atoms with van der Waals surface area (Å²) in [5, 5.41) is 7.32. The van der Waals surface area contributed by atoms with Crippen molar-refractivity contribution < 1.29 is 14.0 Å². The van der Waals surface area contributed by atoms with Crippen LogP contribution in [0.3, 0.4) is 0 Å². The highest BCUT2D eigenvalue weighted by molar-refractivity contribution is 5.84. The van der Waals surface area contributed by atoms with Gasteiger partial charge in [-0.15, -0.1) is 0 Å². The van der Waals surface area contributed by atoms with E-state index >= 15 is 0 Å². The first-order chi connectivity index (χ1) is 11.4. The molecule has 1 atom stereocenters. The van der Waals surface area contributed by atoms with Crippen LogP contribution in [0.4, 0.5) is 4.39 Å². The fraction of sp³-hybridized carbons (Fsp3) is 0.353. The van der Waals surface area contributed by atoms with Crippen molar-refractivity contribution in [2.75, 3.05) is 13.1 Å². The summed E-state index contributed by atoms with van der Waals surface area (Å²) in [6.07, 6.45) is 1.79. The summed E-state index contributed by atoms with van der Waals surface area (Å²) >= 11 is 0. The van der Waals surface area contributed by atoms with Crippen molar-refractivity contribution in [1.29, 1.82) is 0 Å². The summed E-state index contributed by atoms with van der Waals surface area (Å²) in [6.45, 7) is 2.35. The Labute approximate surface area is 139 Å². The number of nitrogens with one attached hydrogen (secondary N) is 1. The molecule has 1 N–H and O–H groups in total. The molecule has 1 unspecified atom stereocenters. The number of hydrogen-bond acceptors (Lipinski definition) is 3. The van der Waals surface area contributed by atoms with Crippen LogP contribution in [-0.2, 0) is 16.6 Å². The van der Waals surface area contributed by atoms with Gasteiger partial charge < -0.3 is 10.2 Å². The summed E-state index contributed by atoms with van der Waals surface area (Å²) in [7, 11) is 1.80. The van der Waals surface area contributed by atoms with E-state index in [4.69, 9.17) is 0 Å². The van der Waals surface area contributed by atoms with Crippen LogP contribution in [0, 0.1) is 11.7 Å². The molecule has 1 aromatic carbocycles. The number of nitrogens with zero attached hydrogens (tertiary/aromatic N) is 3. The van der Waals surface area contributed by atoms with Gasteiger partial charge >= 0.3 is 0 Å². The molecule has 0 aliphatic carbocycles. The topological polar surface area (TPSA) is 67.2 Å². The van der Waals surface area contributed by atoms with Crippen molar-refractivity contribution in [2.24, 2.45) is 13.0 Å². The number of rotatable bonds is 4. The van der Waals surface area contributed by atoms with Gasteiger partial charge in [0.25, 0.3) is 0 Å². The van der Waals surface area contributed by atoms with E-state index in [1.807, 2.05) is 6.07 Å². The third kappa shape index (κ3) is 3.29. The number of hydrogen-bond donors (Lipinski definition) is 1. The van der Waals surface area contributed by atoms with Crippen LogP contribution in [-0.4, -0.2) is 39.6 Å². The summed E-state index contributed by atoms with van der Waals surface area (Å²) in [5.41, 5.74) is 1.44. The first-order valence-electron chi connectivity index (χ1n) is 7.75. The van der Waals surface area contributed by atoms with Crippen LogP contribution < -0.4 is 5.32 Å². The van der Waals surface area contributed by atoms with E-state index in [1.165, 1.54) is 19.1 Å². The minimum atomic E-state index is -0.453. The lowest BCUT2D eigenvalue weighted by atomic mass is 9.97. The lowest BCUT2D eigenvalue weighted by Gasteiger charge is -2.38. The first kappa shape index (κ1) is 16.2. The minimum absolute atomic E-state index is 0.0288. The molecule has 6 nitrogen and oxygen atoms in total. The monoisotopic (exact) mass is 330 g/mol. The second-order valence-corrected chi connectivity index (χ2v) is 6.03. The average Bonchev–Trinajstić information content (AvgIpc) is 2.90. The summed E-state index contributed by atoms with van der Waals surface area (Å²) in [5.74, 6) is -0.715. The molecule has 7 heteroatoms. The second kappa shape index (κ2) is 6.43. The molecule has 24 heavy (non-hydrogen) atoms. The van der Waals surface area contributed by atoms with Crippen LogP contribution in [0.25, 0.3) is 0 Å². The highest BCUT2D eigenvalue weighted by Gasteiger charge is 2.35. The van der Waals surface area contributed by atoms with Crippen molar-refractivity contribution in [3.05, 3.63) is 53.6 Å². The number of carbonyl (C=O) groups is 2. The van der Waals surface area contributed by atoms with Gasteiger partial charge in [0.05, 0.1) is 17.7 Å². The maximum atomic E-state index is 13.2. The predicted molar refractivity (Wildman–Crippen MR) is 85.3 cm³/mol. The highest BCUT2D eigenvalue weighted by atomic mass is 19.1. The molecule has 3 rings (SSSR count). The van der Waals surface area contributed by atoms with E-state index in [-0.39, 0.29) is 23.5 Å². The van der Waals surface area contributed by atoms with E-state index in [0.29, 0.717) is 18.8 Å². The van der Waals surface area contributed by atoms with Gasteiger partial charge in [-0.3, -0.25) is 14.3 Å².